The smallest absolute Gasteiger partial charge is 0.225 e. The van der Waals surface area contributed by atoms with E-state index in [1.54, 1.807) is 6.92 Å². The van der Waals surface area contributed by atoms with Crippen molar-refractivity contribution < 1.29 is 9.59 Å². The fourth-order valence-corrected chi connectivity index (χ4v) is 4.58. The Hall–Kier alpha value is -1.98. The van der Waals surface area contributed by atoms with E-state index in [2.05, 4.69) is 4.98 Å². The van der Waals surface area contributed by atoms with Crippen LogP contribution >= 0.6 is 0 Å². The average Bonchev–Trinajstić information content (AvgIpc) is 3.18. The van der Waals surface area contributed by atoms with Crippen molar-refractivity contribution in [3.05, 3.63) is 23.3 Å². The van der Waals surface area contributed by atoms with Gasteiger partial charge in [-0.2, -0.15) is 0 Å². The Balaban J connectivity index is 1.43. The van der Waals surface area contributed by atoms with Crippen LogP contribution in [0.15, 0.2) is 6.20 Å². The molecular weight excluding hydrogens is 328 g/mol. The Kier molecular flexibility index (Phi) is 4.92. The summed E-state index contributed by atoms with van der Waals surface area (Å²) in [6.45, 7) is 4.55. The first kappa shape index (κ1) is 17.4. The molecule has 140 valence electrons. The second-order valence-corrected chi connectivity index (χ2v) is 8.00. The third kappa shape index (κ3) is 3.46. The highest BCUT2D eigenvalue weighted by atomic mass is 16.2. The first-order valence-electron chi connectivity index (χ1n) is 10.0. The number of carbonyl (C=O) groups is 2. The Labute approximate surface area is 155 Å². The molecule has 1 aliphatic carbocycles. The van der Waals surface area contributed by atoms with E-state index in [1.165, 1.54) is 19.3 Å². The monoisotopic (exact) mass is 356 g/mol. The molecule has 0 radical (unpaired) electrons. The Morgan fingerprint density at radius 3 is 2.62 bits per heavy atom. The van der Waals surface area contributed by atoms with Gasteiger partial charge >= 0.3 is 0 Å². The molecule has 26 heavy (non-hydrogen) atoms. The van der Waals surface area contributed by atoms with Crippen LogP contribution in [-0.4, -0.2) is 51.2 Å². The minimum atomic E-state index is 0.127. The van der Waals surface area contributed by atoms with E-state index in [4.69, 9.17) is 4.98 Å². The minimum absolute atomic E-state index is 0.127. The van der Waals surface area contributed by atoms with Gasteiger partial charge in [-0.3, -0.25) is 9.59 Å². The van der Waals surface area contributed by atoms with Crippen LogP contribution < -0.4 is 0 Å². The second-order valence-electron chi connectivity index (χ2n) is 8.00. The third-order valence-corrected chi connectivity index (χ3v) is 6.22. The summed E-state index contributed by atoms with van der Waals surface area (Å²) in [5.74, 6) is 1.78. The summed E-state index contributed by atoms with van der Waals surface area (Å²) < 4.78 is 0. The largest absolute Gasteiger partial charge is 0.342 e. The van der Waals surface area contributed by atoms with Gasteiger partial charge in [0.2, 0.25) is 11.8 Å². The second kappa shape index (κ2) is 7.33. The maximum Gasteiger partial charge on any atom is 0.225 e. The number of likely N-dealkylation sites (tertiary alicyclic amines) is 1. The zero-order chi connectivity index (χ0) is 18.1. The van der Waals surface area contributed by atoms with Crippen LogP contribution in [0.25, 0.3) is 0 Å². The molecule has 2 aliphatic heterocycles. The fraction of sp³-hybridized carbons (Fsp3) is 0.700. The number of fused-ring (bicyclic) bond motifs is 1. The molecular formula is C20H28N4O2. The lowest BCUT2D eigenvalue weighted by atomic mass is 9.88. The summed E-state index contributed by atoms with van der Waals surface area (Å²) in [6, 6.07) is 0. The molecule has 1 aromatic heterocycles. The molecule has 6 nitrogen and oxygen atoms in total. The molecule has 2 amide bonds. The molecule has 6 heteroatoms. The van der Waals surface area contributed by atoms with E-state index in [0.29, 0.717) is 12.5 Å². The van der Waals surface area contributed by atoms with Gasteiger partial charge in [0.25, 0.3) is 0 Å². The highest BCUT2D eigenvalue weighted by Gasteiger charge is 2.31. The van der Waals surface area contributed by atoms with Crippen LogP contribution in [0.2, 0.25) is 0 Å². The van der Waals surface area contributed by atoms with Gasteiger partial charge in [-0.1, -0.05) is 19.3 Å². The number of nitrogens with zero attached hydrogens (tertiary/aromatic N) is 4. The van der Waals surface area contributed by atoms with Crippen molar-refractivity contribution in [3.63, 3.8) is 0 Å². The maximum absolute atomic E-state index is 12.8. The topological polar surface area (TPSA) is 66.4 Å². The molecule has 1 atom stereocenters. The summed E-state index contributed by atoms with van der Waals surface area (Å²) in [5, 5.41) is 0. The van der Waals surface area contributed by atoms with Gasteiger partial charge < -0.3 is 9.80 Å². The van der Waals surface area contributed by atoms with Gasteiger partial charge in [0, 0.05) is 63.1 Å². The van der Waals surface area contributed by atoms with Crippen molar-refractivity contribution >= 4 is 11.8 Å². The number of amides is 2. The van der Waals surface area contributed by atoms with Crippen LogP contribution in [0, 0.1) is 5.92 Å². The van der Waals surface area contributed by atoms with Gasteiger partial charge in [-0.15, -0.1) is 0 Å². The van der Waals surface area contributed by atoms with Gasteiger partial charge in [0.15, 0.2) is 0 Å². The number of aromatic nitrogens is 2. The fourth-order valence-electron chi connectivity index (χ4n) is 4.58. The normalized spacial score (nSPS) is 23.8. The molecule has 2 fully saturated rings. The number of carbonyl (C=O) groups excluding carboxylic acids is 2. The number of hydrogen-bond donors (Lipinski definition) is 0. The molecule has 4 rings (SSSR count). The van der Waals surface area contributed by atoms with Crippen molar-refractivity contribution in [2.45, 2.75) is 64.3 Å². The summed E-state index contributed by atoms with van der Waals surface area (Å²) >= 11 is 0. The van der Waals surface area contributed by atoms with Crippen molar-refractivity contribution in [2.75, 3.05) is 19.6 Å². The van der Waals surface area contributed by atoms with Crippen molar-refractivity contribution in [1.29, 1.82) is 0 Å². The first-order chi connectivity index (χ1) is 12.6. The summed E-state index contributed by atoms with van der Waals surface area (Å²) in [7, 11) is 0. The Morgan fingerprint density at radius 1 is 1.08 bits per heavy atom. The van der Waals surface area contributed by atoms with E-state index in [1.807, 2.05) is 16.0 Å². The van der Waals surface area contributed by atoms with Gasteiger partial charge in [-0.25, -0.2) is 9.97 Å². The van der Waals surface area contributed by atoms with Crippen LogP contribution in [0.4, 0.5) is 0 Å². The maximum atomic E-state index is 12.8. The molecule has 0 bridgehead atoms. The van der Waals surface area contributed by atoms with Gasteiger partial charge in [-0.05, 0) is 19.3 Å². The van der Waals surface area contributed by atoms with Crippen molar-refractivity contribution in [3.8, 4) is 0 Å². The van der Waals surface area contributed by atoms with Crippen LogP contribution in [-0.2, 0) is 22.6 Å². The molecule has 1 aromatic rings. The highest BCUT2D eigenvalue weighted by molar-refractivity contribution is 5.79. The Bertz CT molecular complexity index is 699. The molecule has 1 saturated heterocycles. The lowest BCUT2D eigenvalue weighted by Crippen LogP contribution is -2.40. The quantitative estimate of drug-likeness (QED) is 0.815. The number of rotatable bonds is 2. The zero-order valence-electron chi connectivity index (χ0n) is 15.6. The van der Waals surface area contributed by atoms with E-state index in [9.17, 15) is 9.59 Å². The zero-order valence-corrected chi connectivity index (χ0v) is 15.6. The van der Waals surface area contributed by atoms with Gasteiger partial charge in [0.1, 0.15) is 5.82 Å². The van der Waals surface area contributed by atoms with Crippen LogP contribution in [0.5, 0.6) is 0 Å². The SMILES string of the molecule is CC(=O)N1CCC(c2ncc3c(n2)CCN(C(=O)C2CCCCC2)C3)C1. The predicted octanol–water partition coefficient (Wildman–Crippen LogP) is 2.28. The molecule has 3 heterocycles. The van der Waals surface area contributed by atoms with E-state index >= 15 is 0 Å². The first-order valence-corrected chi connectivity index (χ1v) is 10.0. The summed E-state index contributed by atoms with van der Waals surface area (Å²) in [4.78, 5) is 37.6. The predicted molar refractivity (Wildman–Crippen MR) is 97.3 cm³/mol. The Morgan fingerprint density at radius 2 is 1.88 bits per heavy atom. The minimum Gasteiger partial charge on any atom is -0.342 e. The van der Waals surface area contributed by atoms with Crippen molar-refractivity contribution in [2.24, 2.45) is 5.92 Å². The molecule has 3 aliphatic rings. The molecule has 1 unspecified atom stereocenters. The number of hydrogen-bond acceptors (Lipinski definition) is 4. The van der Waals surface area contributed by atoms with E-state index < -0.39 is 0 Å². The van der Waals surface area contributed by atoms with E-state index in [0.717, 1.165) is 62.4 Å². The van der Waals surface area contributed by atoms with Crippen molar-refractivity contribution in [1.82, 2.24) is 19.8 Å². The average molecular weight is 356 g/mol. The summed E-state index contributed by atoms with van der Waals surface area (Å²) in [5.41, 5.74) is 2.18. The third-order valence-electron chi connectivity index (χ3n) is 6.22. The standard InChI is InChI=1S/C20H28N4O2/c1-14(25)23-9-7-16(12-23)19-21-11-17-13-24(10-8-18(17)22-19)20(26)15-5-3-2-4-6-15/h11,15-16H,2-10,12-13H2,1H3. The van der Waals surface area contributed by atoms with Crippen LogP contribution in [0.1, 0.15) is 68.4 Å². The molecule has 1 saturated carbocycles. The summed E-state index contributed by atoms with van der Waals surface area (Å²) in [6.07, 6.45) is 9.40. The molecule has 0 spiro atoms. The molecule has 0 aromatic carbocycles. The lowest BCUT2D eigenvalue weighted by Gasteiger charge is -2.32. The van der Waals surface area contributed by atoms with E-state index in [-0.39, 0.29) is 17.7 Å². The van der Waals surface area contributed by atoms with Crippen LogP contribution in [0.3, 0.4) is 0 Å². The van der Waals surface area contributed by atoms with Gasteiger partial charge in [0.05, 0.1) is 5.69 Å². The lowest BCUT2D eigenvalue weighted by molar-refractivity contribution is -0.137. The highest BCUT2D eigenvalue weighted by Crippen LogP contribution is 2.29. The molecule has 0 N–H and O–H groups in total.